The summed E-state index contributed by atoms with van der Waals surface area (Å²) in [7, 11) is 0. The van der Waals surface area contributed by atoms with Crippen LogP contribution >= 0.6 is 0 Å². The van der Waals surface area contributed by atoms with Crippen LogP contribution in [0.15, 0.2) is 41.2 Å². The molecule has 1 aliphatic heterocycles. The third kappa shape index (κ3) is 7.76. The number of nitrogens with one attached hydrogen (secondary N) is 3. The van der Waals surface area contributed by atoms with Crippen molar-refractivity contribution in [3.8, 4) is 11.1 Å². The lowest BCUT2D eigenvalue weighted by atomic mass is 9.93. The second-order valence-corrected chi connectivity index (χ2v) is 9.54. The van der Waals surface area contributed by atoms with Crippen molar-refractivity contribution in [2.24, 2.45) is 10.7 Å². The molecule has 13 heteroatoms. The first-order valence-corrected chi connectivity index (χ1v) is 13.3. The summed E-state index contributed by atoms with van der Waals surface area (Å²) in [5, 5.41) is 17.9. The Morgan fingerprint density at radius 1 is 1.15 bits per heavy atom. The molecule has 4 amide bonds. The molecule has 2 aromatic rings. The van der Waals surface area contributed by atoms with Gasteiger partial charge >= 0.3 is 12.1 Å². The molecule has 0 unspecified atom stereocenters. The first-order chi connectivity index (χ1) is 19.3. The molecule has 212 valence electrons. The van der Waals surface area contributed by atoms with E-state index in [0.717, 1.165) is 36.0 Å². The Balaban J connectivity index is 1.41. The normalized spacial score (nSPS) is 14.5. The number of hydrogen-bond donors (Lipinski definition) is 5. The zero-order valence-electron chi connectivity index (χ0n) is 22.4. The molecule has 2 heterocycles. The van der Waals surface area contributed by atoms with Crippen LogP contribution in [0.25, 0.3) is 17.2 Å². The molecule has 0 atom stereocenters. The minimum Gasteiger partial charge on any atom is -0.465 e. The van der Waals surface area contributed by atoms with E-state index in [1.807, 2.05) is 25.1 Å². The second kappa shape index (κ2) is 13.5. The van der Waals surface area contributed by atoms with Crippen molar-refractivity contribution in [2.45, 2.75) is 51.6 Å². The summed E-state index contributed by atoms with van der Waals surface area (Å²) in [6.45, 7) is 2.74. The molecule has 1 aliphatic carbocycles. The molecule has 0 spiro atoms. The molecule has 13 nitrogen and oxygen atoms in total. The van der Waals surface area contributed by atoms with Gasteiger partial charge in [0.25, 0.3) is 5.91 Å². The van der Waals surface area contributed by atoms with Crippen LogP contribution in [0.3, 0.4) is 0 Å². The van der Waals surface area contributed by atoms with Gasteiger partial charge in [0, 0.05) is 54.6 Å². The van der Waals surface area contributed by atoms with Gasteiger partial charge in [0.1, 0.15) is 11.7 Å². The van der Waals surface area contributed by atoms with Crippen LogP contribution in [0.5, 0.6) is 0 Å². The number of hydrogen-bond acceptors (Lipinski definition) is 8. The van der Waals surface area contributed by atoms with Gasteiger partial charge in [0.15, 0.2) is 0 Å². The molecular formula is C27H34N8O5. The Bertz CT molecular complexity index is 1290. The van der Waals surface area contributed by atoms with Crippen LogP contribution in [0.4, 0.5) is 15.3 Å². The Hall–Kier alpha value is -4.52. The van der Waals surface area contributed by atoms with Crippen LogP contribution in [0, 0.1) is 0 Å². The number of aromatic nitrogens is 2. The van der Waals surface area contributed by atoms with E-state index in [-0.39, 0.29) is 49.9 Å². The molecule has 0 saturated heterocycles. The number of urea groups is 1. The number of amides is 4. The molecule has 0 bridgehead atoms. The zero-order chi connectivity index (χ0) is 28.5. The molecular weight excluding hydrogens is 516 g/mol. The quantitative estimate of drug-likeness (QED) is 0.209. The number of rotatable bonds is 11. The number of aliphatic imine (C=N–C) groups is 1. The smallest absolute Gasteiger partial charge is 0.405 e. The predicted molar refractivity (Wildman–Crippen MR) is 148 cm³/mol. The SMILES string of the molecule is CCCN(OCCNC(=O)NC1CCC1)C(=O)C1=Cc2ccc(-c3cnc(CNC(=O)O)nc3)cc2N=C(N)C1. The standard InChI is InChI=1S/C27H34N8O5/c1-2-9-35(40-10-8-29-26(37)33-21-4-3-5-21)25(36)19-11-18-7-6-17(12-22(18)34-23(28)13-19)20-14-30-24(31-15-20)16-32-27(38)39/h6-7,11-12,14-15,21,32H,2-5,8-10,13,16H2,1H3,(H2,28,34)(H,38,39)(H2,29,33,37). The number of fused-ring (bicyclic) bond motifs is 1. The summed E-state index contributed by atoms with van der Waals surface area (Å²) in [6, 6.07) is 5.55. The molecule has 4 rings (SSSR count). The molecule has 2 aliphatic rings. The van der Waals surface area contributed by atoms with E-state index in [9.17, 15) is 14.4 Å². The van der Waals surface area contributed by atoms with E-state index >= 15 is 0 Å². The number of amidine groups is 1. The van der Waals surface area contributed by atoms with Gasteiger partial charge in [0.05, 0.1) is 18.8 Å². The maximum Gasteiger partial charge on any atom is 0.405 e. The average molecular weight is 551 g/mol. The van der Waals surface area contributed by atoms with Crippen molar-refractivity contribution in [1.29, 1.82) is 0 Å². The van der Waals surface area contributed by atoms with E-state index in [1.165, 1.54) is 5.06 Å². The van der Waals surface area contributed by atoms with Crippen molar-refractivity contribution in [1.82, 2.24) is 31.0 Å². The van der Waals surface area contributed by atoms with Crippen LogP contribution in [0.2, 0.25) is 0 Å². The summed E-state index contributed by atoms with van der Waals surface area (Å²) >= 11 is 0. The lowest BCUT2D eigenvalue weighted by Crippen LogP contribution is -2.46. The van der Waals surface area contributed by atoms with Crippen molar-refractivity contribution >= 4 is 35.6 Å². The summed E-state index contributed by atoms with van der Waals surface area (Å²) in [4.78, 5) is 54.7. The highest BCUT2D eigenvalue weighted by Crippen LogP contribution is 2.31. The van der Waals surface area contributed by atoms with E-state index < -0.39 is 6.09 Å². The molecule has 1 saturated carbocycles. The average Bonchev–Trinajstić information content (AvgIpc) is 3.08. The molecule has 40 heavy (non-hydrogen) atoms. The predicted octanol–water partition coefficient (Wildman–Crippen LogP) is 2.71. The maximum absolute atomic E-state index is 13.4. The number of hydroxylamine groups is 2. The monoisotopic (exact) mass is 550 g/mol. The minimum absolute atomic E-state index is 0.00720. The van der Waals surface area contributed by atoms with E-state index in [1.54, 1.807) is 18.5 Å². The Morgan fingerprint density at radius 3 is 2.60 bits per heavy atom. The van der Waals surface area contributed by atoms with Gasteiger partial charge in [0.2, 0.25) is 0 Å². The van der Waals surface area contributed by atoms with Crippen molar-refractivity contribution < 1.29 is 24.3 Å². The highest BCUT2D eigenvalue weighted by Gasteiger charge is 2.23. The summed E-state index contributed by atoms with van der Waals surface area (Å²) in [6.07, 6.45) is 7.81. The Morgan fingerprint density at radius 2 is 1.93 bits per heavy atom. The summed E-state index contributed by atoms with van der Waals surface area (Å²) in [5.41, 5.74) is 9.47. The third-order valence-corrected chi connectivity index (χ3v) is 6.44. The summed E-state index contributed by atoms with van der Waals surface area (Å²) in [5.74, 6) is 0.322. The highest BCUT2D eigenvalue weighted by molar-refractivity contribution is 6.05. The molecule has 1 aromatic carbocycles. The van der Waals surface area contributed by atoms with E-state index in [4.69, 9.17) is 15.7 Å². The lowest BCUT2D eigenvalue weighted by Gasteiger charge is -2.26. The zero-order valence-corrected chi connectivity index (χ0v) is 22.4. The van der Waals surface area contributed by atoms with Gasteiger partial charge in [-0.2, -0.15) is 0 Å². The van der Waals surface area contributed by atoms with Gasteiger partial charge in [-0.25, -0.2) is 29.6 Å². The van der Waals surface area contributed by atoms with E-state index in [0.29, 0.717) is 30.1 Å². The highest BCUT2D eigenvalue weighted by atomic mass is 16.7. The van der Waals surface area contributed by atoms with Gasteiger partial charge < -0.3 is 26.8 Å². The Labute approximate surface area is 231 Å². The lowest BCUT2D eigenvalue weighted by molar-refractivity contribution is -0.181. The molecule has 1 fully saturated rings. The first-order valence-electron chi connectivity index (χ1n) is 13.3. The third-order valence-electron chi connectivity index (χ3n) is 6.44. The molecule has 1 aromatic heterocycles. The number of nitrogens with two attached hydrogens (primary N) is 1. The second-order valence-electron chi connectivity index (χ2n) is 9.54. The number of nitrogens with zero attached hydrogens (tertiary/aromatic N) is 4. The first kappa shape index (κ1) is 28.5. The van der Waals surface area contributed by atoms with Gasteiger partial charge in [-0.3, -0.25) is 9.63 Å². The fraction of sp³-hybridized carbons (Fsp3) is 0.407. The van der Waals surface area contributed by atoms with Crippen LogP contribution in [-0.4, -0.2) is 69.7 Å². The van der Waals surface area contributed by atoms with Gasteiger partial charge in [-0.05, 0) is 43.4 Å². The fourth-order valence-corrected chi connectivity index (χ4v) is 4.15. The number of benzene rings is 1. The van der Waals surface area contributed by atoms with Gasteiger partial charge in [-0.1, -0.05) is 19.1 Å². The number of carbonyl (C=O) groups is 3. The minimum atomic E-state index is -1.15. The topological polar surface area (TPSA) is 184 Å². The fourth-order valence-electron chi connectivity index (χ4n) is 4.15. The van der Waals surface area contributed by atoms with Crippen molar-refractivity contribution in [3.63, 3.8) is 0 Å². The molecule has 6 N–H and O–H groups in total. The van der Waals surface area contributed by atoms with Crippen molar-refractivity contribution in [3.05, 3.63) is 47.6 Å². The van der Waals surface area contributed by atoms with Crippen molar-refractivity contribution in [2.75, 3.05) is 19.7 Å². The number of carboxylic acid groups (broad SMARTS) is 1. The van der Waals surface area contributed by atoms with Crippen LogP contribution in [-0.2, 0) is 16.2 Å². The molecule has 0 radical (unpaired) electrons. The Kier molecular flexibility index (Phi) is 9.62. The largest absolute Gasteiger partial charge is 0.465 e. The maximum atomic E-state index is 13.4. The van der Waals surface area contributed by atoms with Crippen LogP contribution < -0.4 is 21.7 Å². The summed E-state index contributed by atoms with van der Waals surface area (Å²) < 4.78 is 0. The van der Waals surface area contributed by atoms with E-state index in [2.05, 4.69) is 30.9 Å². The number of carbonyl (C=O) groups excluding carboxylic acids is 2. The van der Waals surface area contributed by atoms with Gasteiger partial charge in [-0.15, -0.1) is 0 Å². The van der Waals surface area contributed by atoms with Crippen LogP contribution in [0.1, 0.15) is 50.4 Å².